The summed E-state index contributed by atoms with van der Waals surface area (Å²) in [4.78, 5) is 22.9. The summed E-state index contributed by atoms with van der Waals surface area (Å²) < 4.78 is 39.4. The molecule has 1 aliphatic heterocycles. The molecule has 0 aromatic heterocycles. The fourth-order valence-electron chi connectivity index (χ4n) is 4.09. The summed E-state index contributed by atoms with van der Waals surface area (Å²) in [7, 11) is 0. The largest absolute Gasteiger partial charge is 0.473 e. The van der Waals surface area contributed by atoms with E-state index in [0.717, 1.165) is 26.2 Å². The second-order valence-electron chi connectivity index (χ2n) is 7.72. The fourth-order valence-corrected chi connectivity index (χ4v) is 4.09. The van der Waals surface area contributed by atoms with Crippen LogP contribution in [-0.4, -0.2) is 64.2 Å². The fraction of sp³-hybridized carbons (Fsp3) is 0.619. The molecule has 2 fully saturated rings. The average Bonchev–Trinajstić information content (AvgIpc) is 2.98. The molecule has 9 heteroatoms. The van der Waals surface area contributed by atoms with Gasteiger partial charge in [-0.2, -0.15) is 13.2 Å². The number of benzene rings is 1. The molecule has 1 aliphatic carbocycles. The molecule has 0 radical (unpaired) electrons. The minimum absolute atomic E-state index is 0.396. The number of piperazine rings is 1. The molecule has 0 atom stereocenters. The lowest BCUT2D eigenvalue weighted by Crippen LogP contribution is -2.49. The van der Waals surface area contributed by atoms with E-state index in [9.17, 15) is 13.2 Å². The Balaban J connectivity index is 0.000000469. The van der Waals surface area contributed by atoms with Gasteiger partial charge in [-0.3, -0.25) is 9.80 Å². The smallest absolute Gasteiger partial charge is 0.416 e. The molecule has 2 aliphatic rings. The third-order valence-corrected chi connectivity index (χ3v) is 5.65. The zero-order valence-corrected chi connectivity index (χ0v) is 16.9. The first-order valence-corrected chi connectivity index (χ1v) is 10.3. The molecule has 3 rings (SSSR count). The van der Waals surface area contributed by atoms with Crippen molar-refractivity contribution in [3.8, 4) is 0 Å². The van der Waals surface area contributed by atoms with Crippen LogP contribution in [0.4, 0.5) is 13.2 Å². The highest BCUT2D eigenvalue weighted by Crippen LogP contribution is 2.32. The molecule has 30 heavy (non-hydrogen) atoms. The Hall–Kier alpha value is -2.13. The standard InChI is InChI=1S/C19H27F3N2.C2H2O4/c20-19(21,22)18-10-6-5-7-16(18)15-23-11-13-24(14-12-23)17-8-3-1-2-4-9-17;3-1(4)2(5)6/h5-7,10,17H,1-4,8-9,11-15H2;(H,3,4)(H,5,6). The number of carboxylic acid groups (broad SMARTS) is 2. The molecule has 2 N–H and O–H groups in total. The van der Waals surface area contributed by atoms with Crippen molar-refractivity contribution in [2.45, 2.75) is 57.3 Å². The zero-order valence-electron chi connectivity index (χ0n) is 16.9. The lowest BCUT2D eigenvalue weighted by molar-refractivity contribution is -0.159. The Bertz CT molecular complexity index is 684. The number of carboxylic acids is 2. The monoisotopic (exact) mass is 430 g/mol. The summed E-state index contributed by atoms with van der Waals surface area (Å²) >= 11 is 0. The maximum Gasteiger partial charge on any atom is 0.416 e. The number of alkyl halides is 3. The van der Waals surface area contributed by atoms with E-state index in [-0.39, 0.29) is 0 Å². The summed E-state index contributed by atoms with van der Waals surface area (Å²) in [6.45, 7) is 4.09. The van der Waals surface area contributed by atoms with Crippen molar-refractivity contribution in [1.82, 2.24) is 9.80 Å². The van der Waals surface area contributed by atoms with Crippen molar-refractivity contribution in [2.24, 2.45) is 0 Å². The van der Waals surface area contributed by atoms with Crippen molar-refractivity contribution >= 4 is 11.9 Å². The maximum atomic E-state index is 13.1. The van der Waals surface area contributed by atoms with Gasteiger partial charge in [0, 0.05) is 38.8 Å². The quantitative estimate of drug-likeness (QED) is 0.562. The number of rotatable bonds is 3. The molecular weight excluding hydrogens is 401 g/mol. The van der Waals surface area contributed by atoms with E-state index in [1.165, 1.54) is 50.7 Å². The number of nitrogens with zero attached hydrogens (tertiary/aromatic N) is 2. The summed E-state index contributed by atoms with van der Waals surface area (Å²) in [5.41, 5.74) is -0.0934. The Morgan fingerprint density at radius 1 is 0.900 bits per heavy atom. The summed E-state index contributed by atoms with van der Waals surface area (Å²) in [6.07, 6.45) is 3.66. The normalized spacial score (nSPS) is 19.4. The van der Waals surface area contributed by atoms with Crippen molar-refractivity contribution < 1.29 is 33.0 Å². The SMILES string of the molecule is FC(F)(F)c1ccccc1CN1CCN(C2CCCCCC2)CC1.O=C(O)C(=O)O. The topological polar surface area (TPSA) is 81.1 Å². The van der Waals surface area contributed by atoms with Gasteiger partial charge in [-0.15, -0.1) is 0 Å². The van der Waals surface area contributed by atoms with Crippen LogP contribution in [0.2, 0.25) is 0 Å². The average molecular weight is 430 g/mol. The summed E-state index contributed by atoms with van der Waals surface area (Å²) in [6, 6.07) is 6.66. The third kappa shape index (κ3) is 7.60. The first-order valence-electron chi connectivity index (χ1n) is 10.3. The van der Waals surface area contributed by atoms with Gasteiger partial charge in [0.05, 0.1) is 5.56 Å². The highest BCUT2D eigenvalue weighted by molar-refractivity contribution is 6.27. The van der Waals surface area contributed by atoms with Gasteiger partial charge < -0.3 is 10.2 Å². The molecule has 0 unspecified atom stereocenters. The van der Waals surface area contributed by atoms with Gasteiger partial charge in [0.2, 0.25) is 0 Å². The number of hydrogen-bond acceptors (Lipinski definition) is 4. The second-order valence-corrected chi connectivity index (χ2v) is 7.72. The predicted octanol–water partition coefficient (Wildman–Crippen LogP) is 3.70. The van der Waals surface area contributed by atoms with Crippen LogP contribution in [0.15, 0.2) is 24.3 Å². The lowest BCUT2D eigenvalue weighted by Gasteiger charge is -2.39. The number of carbonyl (C=O) groups is 2. The molecule has 0 spiro atoms. The minimum Gasteiger partial charge on any atom is -0.473 e. The van der Waals surface area contributed by atoms with E-state index in [1.807, 2.05) is 0 Å². The Kier molecular flexibility index (Phi) is 9.10. The third-order valence-electron chi connectivity index (χ3n) is 5.65. The van der Waals surface area contributed by atoms with Crippen LogP contribution >= 0.6 is 0 Å². The van der Waals surface area contributed by atoms with Crippen molar-refractivity contribution in [1.29, 1.82) is 0 Å². The molecule has 0 amide bonds. The molecular formula is C21H29F3N2O4. The number of aliphatic carboxylic acids is 2. The van der Waals surface area contributed by atoms with Gasteiger partial charge in [-0.1, -0.05) is 43.9 Å². The van der Waals surface area contributed by atoms with Gasteiger partial charge in [-0.05, 0) is 24.5 Å². The number of halogens is 3. The van der Waals surface area contributed by atoms with Gasteiger partial charge in [0.15, 0.2) is 0 Å². The first kappa shape index (κ1) is 24.1. The van der Waals surface area contributed by atoms with Crippen molar-refractivity contribution in [3.63, 3.8) is 0 Å². The molecule has 1 heterocycles. The number of hydrogen-bond donors (Lipinski definition) is 2. The summed E-state index contributed by atoms with van der Waals surface area (Å²) in [5.74, 6) is -3.65. The van der Waals surface area contributed by atoms with Crippen LogP contribution in [0.1, 0.15) is 49.7 Å². The molecule has 1 saturated carbocycles. The lowest BCUT2D eigenvalue weighted by atomic mass is 10.0. The maximum absolute atomic E-state index is 13.1. The van der Waals surface area contributed by atoms with E-state index in [4.69, 9.17) is 19.8 Å². The van der Waals surface area contributed by atoms with Crippen LogP contribution in [0, 0.1) is 0 Å². The molecule has 6 nitrogen and oxygen atoms in total. The molecule has 0 bridgehead atoms. The Morgan fingerprint density at radius 2 is 1.43 bits per heavy atom. The van der Waals surface area contributed by atoms with Crippen molar-refractivity contribution in [2.75, 3.05) is 26.2 Å². The minimum atomic E-state index is -4.27. The molecule has 168 valence electrons. The Labute approximate surface area is 174 Å². The zero-order chi connectivity index (χ0) is 22.1. The van der Waals surface area contributed by atoms with Gasteiger partial charge in [-0.25, -0.2) is 9.59 Å². The van der Waals surface area contributed by atoms with Crippen LogP contribution in [-0.2, 0) is 22.3 Å². The second kappa shape index (κ2) is 11.3. The molecule has 1 aromatic carbocycles. The highest BCUT2D eigenvalue weighted by Gasteiger charge is 2.33. The summed E-state index contributed by atoms with van der Waals surface area (Å²) in [5, 5.41) is 14.8. The van der Waals surface area contributed by atoms with E-state index in [1.54, 1.807) is 12.1 Å². The van der Waals surface area contributed by atoms with E-state index in [0.29, 0.717) is 18.2 Å². The first-order chi connectivity index (χ1) is 14.2. The Morgan fingerprint density at radius 3 is 1.93 bits per heavy atom. The van der Waals surface area contributed by atoms with E-state index in [2.05, 4.69) is 9.80 Å². The van der Waals surface area contributed by atoms with Gasteiger partial charge in [0.1, 0.15) is 0 Å². The van der Waals surface area contributed by atoms with Crippen molar-refractivity contribution in [3.05, 3.63) is 35.4 Å². The molecule has 1 aromatic rings. The predicted molar refractivity (Wildman–Crippen MR) is 105 cm³/mol. The van der Waals surface area contributed by atoms with Crippen LogP contribution in [0.3, 0.4) is 0 Å². The van der Waals surface area contributed by atoms with Crippen LogP contribution in [0.25, 0.3) is 0 Å². The van der Waals surface area contributed by atoms with Gasteiger partial charge >= 0.3 is 18.1 Å². The van der Waals surface area contributed by atoms with E-state index < -0.39 is 23.7 Å². The van der Waals surface area contributed by atoms with E-state index >= 15 is 0 Å². The van der Waals surface area contributed by atoms with Crippen LogP contribution < -0.4 is 0 Å². The van der Waals surface area contributed by atoms with Gasteiger partial charge in [0.25, 0.3) is 0 Å². The highest BCUT2D eigenvalue weighted by atomic mass is 19.4. The van der Waals surface area contributed by atoms with Crippen LogP contribution in [0.5, 0.6) is 0 Å². The molecule has 1 saturated heterocycles.